The quantitative estimate of drug-likeness (QED) is 0.571. The predicted molar refractivity (Wildman–Crippen MR) is 30.2 cm³/mol. The van der Waals surface area contributed by atoms with Crippen LogP contribution >= 0.6 is 9.24 Å². The summed E-state index contributed by atoms with van der Waals surface area (Å²) in [5.41, 5.74) is -0.271. The van der Waals surface area contributed by atoms with Gasteiger partial charge >= 0.3 is 5.97 Å². The molecule has 1 radical (unpaired) electrons. The second-order valence-corrected chi connectivity index (χ2v) is 1.87. The van der Waals surface area contributed by atoms with Crippen LogP contribution in [0, 0.1) is 0 Å². The number of carbonyl (C=O) groups excluding carboxylic acids is 1. The zero-order chi connectivity index (χ0) is 6.57. The normalized spacial score (nSPS) is 8.62. The van der Waals surface area contributed by atoms with Crippen molar-refractivity contribution in [1.82, 2.24) is 0 Å². The van der Waals surface area contributed by atoms with Crippen molar-refractivity contribution in [2.24, 2.45) is 0 Å². The fourth-order valence-electron chi connectivity index (χ4n) is 0.220. The minimum Gasteiger partial charge on any atom is -0.481 e. The van der Waals surface area contributed by atoms with E-state index in [0.717, 1.165) is 0 Å². The molecule has 0 aromatic carbocycles. The molecular formula is C4H6O3P. The highest BCUT2D eigenvalue weighted by molar-refractivity contribution is 7.40. The van der Waals surface area contributed by atoms with Gasteiger partial charge in [-0.1, -0.05) is 0 Å². The number of hydrogen-bond donors (Lipinski definition) is 1. The van der Waals surface area contributed by atoms with Gasteiger partial charge < -0.3 is 5.11 Å². The first kappa shape index (κ1) is 7.57. The van der Waals surface area contributed by atoms with Crippen molar-refractivity contribution >= 4 is 20.7 Å². The van der Waals surface area contributed by atoms with Crippen LogP contribution < -0.4 is 0 Å². The second-order valence-electron chi connectivity index (χ2n) is 1.32. The van der Waals surface area contributed by atoms with Crippen LogP contribution in [0.1, 0.15) is 12.8 Å². The molecule has 1 N–H and O–H groups in total. The van der Waals surface area contributed by atoms with Crippen LogP contribution in [0.5, 0.6) is 0 Å². The molecule has 0 aliphatic carbocycles. The molecule has 45 valence electrons. The van der Waals surface area contributed by atoms with Crippen LogP contribution in [0.25, 0.3) is 0 Å². The molecule has 0 aromatic rings. The van der Waals surface area contributed by atoms with Crippen molar-refractivity contribution in [3.05, 3.63) is 0 Å². The third-order valence-electron chi connectivity index (χ3n) is 0.566. The third-order valence-corrected chi connectivity index (χ3v) is 0.816. The Labute approximate surface area is 49.3 Å². The standard InChI is InChI=1S/C4H6O3P/c5-3(6)1-2-4(7)8/h8H,1-2H2,(H,5,6). The Bertz CT molecular complexity index is 95.9. The predicted octanol–water partition coefficient (Wildman–Crippen LogP) is 0.521. The van der Waals surface area contributed by atoms with Crippen LogP contribution in [0.3, 0.4) is 0 Å². The lowest BCUT2D eigenvalue weighted by atomic mass is 10.3. The van der Waals surface area contributed by atoms with Crippen LogP contribution in [0.2, 0.25) is 0 Å². The molecule has 0 aromatic heterocycles. The van der Waals surface area contributed by atoms with Crippen molar-refractivity contribution in [2.45, 2.75) is 12.8 Å². The highest BCUT2D eigenvalue weighted by Crippen LogP contribution is 1.95. The Hall–Kier alpha value is -0.430. The number of carboxylic acids is 1. The van der Waals surface area contributed by atoms with Gasteiger partial charge in [-0.15, -0.1) is 0 Å². The highest BCUT2D eigenvalue weighted by atomic mass is 31.0. The fraction of sp³-hybridized carbons (Fsp3) is 0.500. The van der Waals surface area contributed by atoms with E-state index in [1.165, 1.54) is 0 Å². The van der Waals surface area contributed by atoms with Crippen LogP contribution in [-0.2, 0) is 9.59 Å². The Kier molecular flexibility index (Phi) is 3.37. The van der Waals surface area contributed by atoms with Crippen molar-refractivity contribution in [3.8, 4) is 0 Å². The van der Waals surface area contributed by atoms with Gasteiger partial charge in [0.15, 0.2) is 5.52 Å². The Morgan fingerprint density at radius 3 is 2.00 bits per heavy atom. The third kappa shape index (κ3) is 5.57. The first-order valence-electron chi connectivity index (χ1n) is 2.09. The Morgan fingerprint density at radius 1 is 1.38 bits per heavy atom. The Balaban J connectivity index is 3.18. The molecule has 0 aliphatic heterocycles. The van der Waals surface area contributed by atoms with Crippen LogP contribution in [0.4, 0.5) is 0 Å². The molecule has 0 amide bonds. The molecular weight excluding hydrogens is 127 g/mol. The highest BCUT2D eigenvalue weighted by Gasteiger charge is 1.98. The van der Waals surface area contributed by atoms with E-state index in [9.17, 15) is 9.59 Å². The van der Waals surface area contributed by atoms with Crippen LogP contribution in [-0.4, -0.2) is 16.6 Å². The summed E-state index contributed by atoms with van der Waals surface area (Å²) in [7, 11) is 2.65. The summed E-state index contributed by atoms with van der Waals surface area (Å²) < 4.78 is 0. The zero-order valence-electron chi connectivity index (χ0n) is 4.18. The molecule has 0 saturated carbocycles. The van der Waals surface area contributed by atoms with Gasteiger partial charge in [0.1, 0.15) is 0 Å². The summed E-state index contributed by atoms with van der Waals surface area (Å²) in [6.07, 6.45) is -0.0332. The largest absolute Gasteiger partial charge is 0.481 e. The smallest absolute Gasteiger partial charge is 0.303 e. The van der Waals surface area contributed by atoms with Gasteiger partial charge in [-0.05, 0) is 9.24 Å². The summed E-state index contributed by atoms with van der Waals surface area (Å²) in [5, 5.41) is 7.99. The van der Waals surface area contributed by atoms with Crippen molar-refractivity contribution < 1.29 is 14.7 Å². The molecule has 8 heavy (non-hydrogen) atoms. The number of hydrogen-bond acceptors (Lipinski definition) is 2. The van der Waals surface area contributed by atoms with Crippen molar-refractivity contribution in [1.29, 1.82) is 0 Å². The van der Waals surface area contributed by atoms with Crippen molar-refractivity contribution in [3.63, 3.8) is 0 Å². The molecule has 0 unspecified atom stereocenters. The number of rotatable bonds is 3. The SMILES string of the molecule is O=C(O)CCC(=O)[PH]. The first-order chi connectivity index (χ1) is 3.63. The minimum absolute atomic E-state index is 0.0617. The van der Waals surface area contributed by atoms with E-state index in [-0.39, 0.29) is 18.4 Å². The topological polar surface area (TPSA) is 54.4 Å². The maximum atomic E-state index is 10.00. The van der Waals surface area contributed by atoms with E-state index in [1.54, 1.807) is 0 Å². The summed E-state index contributed by atoms with van der Waals surface area (Å²) >= 11 is 0. The van der Waals surface area contributed by atoms with E-state index in [2.05, 4.69) is 9.24 Å². The molecule has 0 heterocycles. The maximum absolute atomic E-state index is 10.00. The lowest BCUT2D eigenvalue weighted by Gasteiger charge is -1.85. The van der Waals surface area contributed by atoms with E-state index >= 15 is 0 Å². The summed E-state index contributed by atoms with van der Waals surface area (Å²) in [6.45, 7) is 0. The first-order valence-corrected chi connectivity index (χ1v) is 2.59. The van der Waals surface area contributed by atoms with Gasteiger partial charge in [-0.3, -0.25) is 9.59 Å². The number of aliphatic carboxylic acids is 1. The summed E-state index contributed by atoms with van der Waals surface area (Å²) in [5.74, 6) is -0.948. The van der Waals surface area contributed by atoms with E-state index in [4.69, 9.17) is 5.11 Å². The lowest BCUT2D eigenvalue weighted by Crippen LogP contribution is -1.96. The lowest BCUT2D eigenvalue weighted by molar-refractivity contribution is -0.137. The molecule has 0 bridgehead atoms. The van der Waals surface area contributed by atoms with E-state index in [1.807, 2.05) is 0 Å². The van der Waals surface area contributed by atoms with Crippen LogP contribution in [0.15, 0.2) is 0 Å². The van der Waals surface area contributed by atoms with Gasteiger partial charge in [-0.25, -0.2) is 0 Å². The molecule has 0 spiro atoms. The van der Waals surface area contributed by atoms with E-state index < -0.39 is 5.97 Å². The van der Waals surface area contributed by atoms with Gasteiger partial charge in [0, 0.05) is 6.42 Å². The second kappa shape index (κ2) is 3.56. The molecule has 0 saturated heterocycles. The van der Waals surface area contributed by atoms with Gasteiger partial charge in [0.05, 0.1) is 6.42 Å². The van der Waals surface area contributed by atoms with Gasteiger partial charge in [0.2, 0.25) is 0 Å². The number of carboxylic acid groups (broad SMARTS) is 1. The Morgan fingerprint density at radius 2 is 1.88 bits per heavy atom. The zero-order valence-corrected chi connectivity index (χ0v) is 5.18. The monoisotopic (exact) mass is 133 g/mol. The van der Waals surface area contributed by atoms with Crippen molar-refractivity contribution in [2.75, 3.05) is 0 Å². The summed E-state index contributed by atoms with van der Waals surface area (Å²) in [4.78, 5) is 19.7. The van der Waals surface area contributed by atoms with E-state index in [0.29, 0.717) is 0 Å². The maximum Gasteiger partial charge on any atom is 0.303 e. The fourth-order valence-corrected chi connectivity index (χ4v) is 0.345. The molecule has 3 nitrogen and oxygen atoms in total. The van der Waals surface area contributed by atoms with Gasteiger partial charge in [0.25, 0.3) is 0 Å². The molecule has 0 rings (SSSR count). The average molecular weight is 133 g/mol. The molecule has 0 fully saturated rings. The molecule has 0 atom stereocenters. The number of carbonyl (C=O) groups is 2. The average Bonchev–Trinajstić information content (AvgIpc) is 1.61. The summed E-state index contributed by atoms with van der Waals surface area (Å²) in [6, 6.07) is 0. The van der Waals surface area contributed by atoms with Gasteiger partial charge in [-0.2, -0.15) is 0 Å². The molecule has 0 aliphatic rings. The molecule has 4 heteroatoms. The minimum atomic E-state index is -0.948.